The number of aryl methyl sites for hydroxylation is 1. The molecule has 2 aromatic rings. The Balaban J connectivity index is 0.000000116. The zero-order valence-electron chi connectivity index (χ0n) is 17.8. The Hall–Kier alpha value is -3.36. The Labute approximate surface area is 179 Å². The molecule has 1 aromatic carbocycles. The molecule has 0 spiro atoms. The molecule has 3 heterocycles. The number of allylic oxidation sites excluding steroid dienone is 2. The first-order valence-corrected chi connectivity index (χ1v) is 10.3. The van der Waals surface area contributed by atoms with Gasteiger partial charge in [-0.3, -0.25) is 29.0 Å². The van der Waals surface area contributed by atoms with Crippen LogP contribution in [0.15, 0.2) is 36.4 Å². The number of para-hydroxylation sites is 1. The minimum absolute atomic E-state index is 0.0208. The van der Waals surface area contributed by atoms with Crippen molar-refractivity contribution in [1.82, 2.24) is 24.8 Å². The quantitative estimate of drug-likeness (QED) is 0.465. The molecule has 4 aliphatic rings. The fourth-order valence-corrected chi connectivity index (χ4v) is 4.73. The fraction of sp³-hybridized carbons (Fsp3) is 0.455. The van der Waals surface area contributed by atoms with Gasteiger partial charge < -0.3 is 0 Å². The van der Waals surface area contributed by atoms with E-state index in [2.05, 4.69) is 22.5 Å². The Morgan fingerprint density at radius 2 is 1.35 bits per heavy atom. The highest BCUT2D eigenvalue weighted by Gasteiger charge is 2.58. The SMILES string of the molecule is CN1C(=O)C2C3C=CC(C3)C2C1=O.CN1C(=O)CCC1=O.Cn1nnc2ccccc21. The topological polar surface area (TPSA) is 105 Å². The fourth-order valence-electron chi connectivity index (χ4n) is 4.73. The molecule has 4 unspecified atom stereocenters. The summed E-state index contributed by atoms with van der Waals surface area (Å²) in [6.07, 6.45) is 6.03. The van der Waals surface area contributed by atoms with Crippen LogP contribution in [0.25, 0.3) is 11.0 Å². The lowest BCUT2D eigenvalue weighted by molar-refractivity contribution is -0.139. The number of likely N-dealkylation sites (tertiary alicyclic amines) is 2. The highest BCUT2D eigenvalue weighted by molar-refractivity contribution is 6.06. The van der Waals surface area contributed by atoms with E-state index >= 15 is 0 Å². The molecular formula is C22H25N5O4. The van der Waals surface area contributed by atoms with Crippen molar-refractivity contribution in [3.8, 4) is 0 Å². The minimum Gasteiger partial charge on any atom is -0.286 e. The third-order valence-corrected chi connectivity index (χ3v) is 6.51. The van der Waals surface area contributed by atoms with Crippen LogP contribution in [0.5, 0.6) is 0 Å². The van der Waals surface area contributed by atoms with E-state index < -0.39 is 0 Å². The number of imide groups is 2. The third kappa shape index (κ3) is 3.64. The Morgan fingerprint density at radius 3 is 1.84 bits per heavy atom. The molecule has 31 heavy (non-hydrogen) atoms. The molecule has 0 N–H and O–H groups in total. The number of fused-ring (bicyclic) bond motifs is 6. The molecular weight excluding hydrogens is 398 g/mol. The predicted octanol–water partition coefficient (Wildman–Crippen LogP) is 1.16. The van der Waals surface area contributed by atoms with Crippen LogP contribution in [-0.4, -0.2) is 62.5 Å². The lowest BCUT2D eigenvalue weighted by Gasteiger charge is -2.14. The summed E-state index contributed by atoms with van der Waals surface area (Å²) in [5.74, 6) is 0.594. The Bertz CT molecular complexity index is 1040. The van der Waals surface area contributed by atoms with Crippen molar-refractivity contribution in [3.05, 3.63) is 36.4 Å². The molecule has 9 heteroatoms. The zero-order chi connectivity index (χ0) is 22.3. The normalized spacial score (nSPS) is 28.1. The van der Waals surface area contributed by atoms with Crippen LogP contribution in [0.4, 0.5) is 0 Å². The Morgan fingerprint density at radius 1 is 0.806 bits per heavy atom. The lowest BCUT2D eigenvalue weighted by Crippen LogP contribution is -2.28. The third-order valence-electron chi connectivity index (χ3n) is 6.51. The molecule has 1 aromatic heterocycles. The molecule has 3 fully saturated rings. The van der Waals surface area contributed by atoms with Gasteiger partial charge in [0.1, 0.15) is 5.52 Å². The largest absolute Gasteiger partial charge is 0.286 e. The van der Waals surface area contributed by atoms with Gasteiger partial charge in [0.15, 0.2) is 0 Å². The molecule has 0 radical (unpaired) electrons. The maximum absolute atomic E-state index is 11.7. The first kappa shape index (κ1) is 20.9. The number of amides is 4. The first-order chi connectivity index (χ1) is 14.8. The summed E-state index contributed by atoms with van der Waals surface area (Å²) < 4.78 is 1.76. The van der Waals surface area contributed by atoms with Crippen LogP contribution in [0.2, 0.25) is 0 Å². The van der Waals surface area contributed by atoms with Gasteiger partial charge in [0, 0.05) is 34.0 Å². The number of rotatable bonds is 0. The highest BCUT2D eigenvalue weighted by atomic mass is 16.2. The van der Waals surface area contributed by atoms with Gasteiger partial charge in [0.25, 0.3) is 0 Å². The summed E-state index contributed by atoms with van der Waals surface area (Å²) in [7, 11) is 5.00. The second kappa shape index (κ2) is 8.05. The lowest BCUT2D eigenvalue weighted by atomic mass is 9.85. The maximum Gasteiger partial charge on any atom is 0.233 e. The average Bonchev–Trinajstić information content (AvgIpc) is 3.58. The number of hydrogen-bond acceptors (Lipinski definition) is 6. The summed E-state index contributed by atoms with van der Waals surface area (Å²) in [4.78, 5) is 46.8. The summed E-state index contributed by atoms with van der Waals surface area (Å²) in [5.41, 5.74) is 2.02. The van der Waals surface area contributed by atoms with Gasteiger partial charge in [-0.2, -0.15) is 0 Å². The van der Waals surface area contributed by atoms with Crippen molar-refractivity contribution in [2.75, 3.05) is 14.1 Å². The van der Waals surface area contributed by atoms with Crippen molar-refractivity contribution in [2.45, 2.75) is 19.3 Å². The number of nitrogens with zero attached hydrogens (tertiary/aromatic N) is 5. The van der Waals surface area contributed by atoms with Gasteiger partial charge in [-0.05, 0) is 30.4 Å². The van der Waals surface area contributed by atoms with Crippen molar-refractivity contribution < 1.29 is 19.2 Å². The average molecular weight is 423 g/mol. The summed E-state index contributed by atoms with van der Waals surface area (Å²) in [6, 6.07) is 7.88. The highest BCUT2D eigenvalue weighted by Crippen LogP contribution is 2.52. The monoisotopic (exact) mass is 423 g/mol. The first-order valence-electron chi connectivity index (χ1n) is 10.3. The van der Waals surface area contributed by atoms with E-state index in [0.717, 1.165) is 17.5 Å². The molecule has 9 nitrogen and oxygen atoms in total. The number of benzene rings is 1. The molecule has 6 rings (SSSR count). The van der Waals surface area contributed by atoms with Gasteiger partial charge >= 0.3 is 0 Å². The van der Waals surface area contributed by atoms with Crippen molar-refractivity contribution in [1.29, 1.82) is 0 Å². The van der Waals surface area contributed by atoms with E-state index in [0.29, 0.717) is 24.7 Å². The van der Waals surface area contributed by atoms with Crippen molar-refractivity contribution in [3.63, 3.8) is 0 Å². The van der Waals surface area contributed by atoms with Crippen LogP contribution in [0, 0.1) is 23.7 Å². The van der Waals surface area contributed by atoms with Gasteiger partial charge in [0.05, 0.1) is 17.4 Å². The van der Waals surface area contributed by atoms with E-state index in [1.165, 1.54) is 16.8 Å². The summed E-state index contributed by atoms with van der Waals surface area (Å²) in [5, 5.41) is 7.79. The number of carbonyl (C=O) groups is 4. The van der Waals surface area contributed by atoms with Gasteiger partial charge in [-0.1, -0.05) is 29.5 Å². The molecule has 2 saturated heterocycles. The molecule has 4 atom stereocenters. The van der Waals surface area contributed by atoms with Crippen LogP contribution >= 0.6 is 0 Å². The van der Waals surface area contributed by atoms with Gasteiger partial charge in [0.2, 0.25) is 23.6 Å². The minimum atomic E-state index is -0.0602. The molecule has 4 amide bonds. The van der Waals surface area contributed by atoms with E-state index in [-0.39, 0.29) is 35.5 Å². The molecule has 2 aliphatic carbocycles. The molecule has 2 aliphatic heterocycles. The van der Waals surface area contributed by atoms with Crippen molar-refractivity contribution >= 4 is 34.7 Å². The summed E-state index contributed by atoms with van der Waals surface area (Å²) in [6.45, 7) is 0. The summed E-state index contributed by atoms with van der Waals surface area (Å²) >= 11 is 0. The zero-order valence-corrected chi connectivity index (χ0v) is 17.8. The van der Waals surface area contributed by atoms with Crippen LogP contribution in [0.1, 0.15) is 19.3 Å². The molecule has 162 valence electrons. The van der Waals surface area contributed by atoms with Crippen LogP contribution in [0.3, 0.4) is 0 Å². The smallest absolute Gasteiger partial charge is 0.233 e. The van der Waals surface area contributed by atoms with E-state index in [9.17, 15) is 19.2 Å². The number of hydrogen-bond donors (Lipinski definition) is 0. The molecule has 1 saturated carbocycles. The van der Waals surface area contributed by atoms with Crippen LogP contribution < -0.4 is 0 Å². The number of carbonyl (C=O) groups excluding carboxylic acids is 4. The standard InChI is InChI=1S/C10H11NO2.C7H7N3.C5H7NO2/c1-11-9(12)7-5-2-3-6(4-5)8(7)10(11)13;1-10-7-5-3-2-4-6(7)8-9-10;1-6-4(7)2-3-5(6)8/h2-3,5-8H,4H2,1H3;2-5H,1H3;2-3H2,1H3. The van der Waals surface area contributed by atoms with Gasteiger partial charge in [-0.25, -0.2) is 4.68 Å². The van der Waals surface area contributed by atoms with E-state index in [4.69, 9.17) is 0 Å². The van der Waals surface area contributed by atoms with E-state index in [1.807, 2.05) is 31.3 Å². The predicted molar refractivity (Wildman–Crippen MR) is 111 cm³/mol. The second-order valence-electron chi connectivity index (χ2n) is 8.28. The van der Waals surface area contributed by atoms with Crippen molar-refractivity contribution in [2.24, 2.45) is 30.7 Å². The Kier molecular flexibility index (Phi) is 5.43. The molecule has 2 bridgehead atoms. The van der Waals surface area contributed by atoms with Gasteiger partial charge in [-0.15, -0.1) is 5.10 Å². The van der Waals surface area contributed by atoms with E-state index in [1.54, 1.807) is 11.7 Å². The number of aromatic nitrogens is 3. The van der Waals surface area contributed by atoms with Crippen LogP contribution in [-0.2, 0) is 26.2 Å². The maximum atomic E-state index is 11.7. The second-order valence-corrected chi connectivity index (χ2v) is 8.28.